The van der Waals surface area contributed by atoms with Crippen LogP contribution in [0.3, 0.4) is 0 Å². The summed E-state index contributed by atoms with van der Waals surface area (Å²) >= 11 is 0. The summed E-state index contributed by atoms with van der Waals surface area (Å²) in [6.45, 7) is 5.76. The fourth-order valence-electron chi connectivity index (χ4n) is 1.80. The van der Waals surface area contributed by atoms with Crippen LogP contribution < -0.4 is 10.6 Å². The zero-order valence-corrected chi connectivity index (χ0v) is 15.1. The second-order valence-electron chi connectivity index (χ2n) is 5.50. The highest BCUT2D eigenvalue weighted by molar-refractivity contribution is 7.91. The maximum atomic E-state index is 11.9. The van der Waals surface area contributed by atoms with Crippen LogP contribution in [0.5, 0.6) is 0 Å². The Balaban J connectivity index is 0.00000441. The minimum absolute atomic E-state index is 0. The van der Waals surface area contributed by atoms with Gasteiger partial charge in [-0.25, -0.2) is 8.42 Å². The molecule has 1 aromatic rings. The number of carbonyl (C=O) groups is 1. The molecule has 0 aliphatic heterocycles. The summed E-state index contributed by atoms with van der Waals surface area (Å²) in [5.41, 5.74) is 1.31. The number of hydrogen-bond acceptors (Lipinski definition) is 4. The van der Waals surface area contributed by atoms with E-state index in [1.54, 1.807) is 45.2 Å². The van der Waals surface area contributed by atoms with E-state index in [-0.39, 0.29) is 30.0 Å². The van der Waals surface area contributed by atoms with Gasteiger partial charge in [-0.05, 0) is 38.6 Å². The fourth-order valence-corrected chi connectivity index (χ4v) is 2.78. The first-order valence-electron chi connectivity index (χ1n) is 7.02. The predicted molar refractivity (Wildman–Crippen MR) is 93.2 cm³/mol. The van der Waals surface area contributed by atoms with Crippen LogP contribution in [0.4, 0.5) is 5.69 Å². The Labute approximate surface area is 139 Å². The zero-order chi connectivity index (χ0) is 16.0. The standard InChI is InChI=1S/C15H24N2O3S.ClH/c1-11(2)21(19,20)10-13-6-5-7-14(8-13)17-15(18)12(3)9-16-4;/h5-8,11-12,16H,9-10H2,1-4H3,(H,17,18);1H. The van der Waals surface area contributed by atoms with Crippen molar-refractivity contribution in [1.82, 2.24) is 5.32 Å². The second kappa shape index (κ2) is 9.12. The first-order valence-corrected chi connectivity index (χ1v) is 8.73. The van der Waals surface area contributed by atoms with Gasteiger partial charge in [0.1, 0.15) is 0 Å². The van der Waals surface area contributed by atoms with Crippen molar-refractivity contribution in [3.63, 3.8) is 0 Å². The quantitative estimate of drug-likeness (QED) is 0.792. The number of carbonyl (C=O) groups excluding carboxylic acids is 1. The molecule has 1 rings (SSSR count). The molecule has 2 N–H and O–H groups in total. The number of rotatable bonds is 7. The van der Waals surface area contributed by atoms with Gasteiger partial charge in [-0.2, -0.15) is 0 Å². The first kappa shape index (κ1) is 20.9. The van der Waals surface area contributed by atoms with Crippen LogP contribution in [0.1, 0.15) is 26.3 Å². The van der Waals surface area contributed by atoms with Crippen LogP contribution in [0.25, 0.3) is 0 Å². The number of anilines is 1. The van der Waals surface area contributed by atoms with Crippen molar-refractivity contribution in [1.29, 1.82) is 0 Å². The minimum Gasteiger partial charge on any atom is -0.326 e. The van der Waals surface area contributed by atoms with Crippen molar-refractivity contribution < 1.29 is 13.2 Å². The molecular weight excluding hydrogens is 324 g/mol. The molecule has 1 atom stereocenters. The Kier molecular flexibility index (Phi) is 8.66. The molecule has 7 heteroatoms. The molecule has 0 spiro atoms. The molecule has 0 heterocycles. The van der Waals surface area contributed by atoms with Crippen molar-refractivity contribution in [3.8, 4) is 0 Å². The topological polar surface area (TPSA) is 75.3 Å². The van der Waals surface area contributed by atoms with Crippen LogP contribution in [0.2, 0.25) is 0 Å². The van der Waals surface area contributed by atoms with Crippen LogP contribution >= 0.6 is 12.4 Å². The van der Waals surface area contributed by atoms with Gasteiger partial charge in [0.05, 0.1) is 11.0 Å². The van der Waals surface area contributed by atoms with E-state index in [0.29, 0.717) is 17.8 Å². The molecule has 0 aliphatic rings. The third-order valence-corrected chi connectivity index (χ3v) is 5.41. The summed E-state index contributed by atoms with van der Waals surface area (Å²) in [6, 6.07) is 6.98. The van der Waals surface area contributed by atoms with Crippen molar-refractivity contribution in [3.05, 3.63) is 29.8 Å². The van der Waals surface area contributed by atoms with Crippen molar-refractivity contribution in [2.75, 3.05) is 18.9 Å². The van der Waals surface area contributed by atoms with Crippen molar-refractivity contribution in [2.45, 2.75) is 31.8 Å². The molecule has 5 nitrogen and oxygen atoms in total. The molecule has 0 saturated carbocycles. The number of halogens is 1. The lowest BCUT2D eigenvalue weighted by atomic mass is 10.1. The maximum absolute atomic E-state index is 11.9. The highest BCUT2D eigenvalue weighted by Gasteiger charge is 2.17. The van der Waals surface area contributed by atoms with Gasteiger partial charge in [0.2, 0.25) is 5.91 Å². The average Bonchev–Trinajstić information content (AvgIpc) is 2.38. The molecule has 1 amide bonds. The van der Waals surface area contributed by atoms with Gasteiger partial charge in [0.15, 0.2) is 9.84 Å². The molecule has 0 radical (unpaired) electrons. The SMILES string of the molecule is CNCC(C)C(=O)Nc1cccc(CS(=O)(=O)C(C)C)c1.Cl. The van der Waals surface area contributed by atoms with E-state index in [1.165, 1.54) is 0 Å². The second-order valence-corrected chi connectivity index (χ2v) is 8.06. The molecular formula is C15H25ClN2O3S. The first-order chi connectivity index (χ1) is 9.76. The van der Waals surface area contributed by atoms with Gasteiger partial charge in [0, 0.05) is 18.2 Å². The van der Waals surface area contributed by atoms with E-state index in [2.05, 4.69) is 10.6 Å². The number of benzene rings is 1. The van der Waals surface area contributed by atoms with Gasteiger partial charge in [-0.15, -0.1) is 12.4 Å². The molecule has 0 bridgehead atoms. The molecule has 0 aromatic heterocycles. The van der Waals surface area contributed by atoms with Gasteiger partial charge >= 0.3 is 0 Å². The summed E-state index contributed by atoms with van der Waals surface area (Å²) in [6.07, 6.45) is 0. The Morgan fingerprint density at radius 2 is 1.86 bits per heavy atom. The third kappa shape index (κ3) is 6.34. The van der Waals surface area contributed by atoms with E-state index >= 15 is 0 Å². The Bertz CT molecular complexity index is 588. The lowest BCUT2D eigenvalue weighted by Gasteiger charge is -2.13. The number of nitrogens with one attached hydrogen (secondary N) is 2. The summed E-state index contributed by atoms with van der Waals surface area (Å²) in [4.78, 5) is 11.9. The van der Waals surface area contributed by atoms with Crippen LogP contribution in [0.15, 0.2) is 24.3 Å². The van der Waals surface area contributed by atoms with Crippen LogP contribution in [-0.4, -0.2) is 33.2 Å². The molecule has 1 aromatic carbocycles. The van der Waals surface area contributed by atoms with E-state index in [9.17, 15) is 13.2 Å². The van der Waals surface area contributed by atoms with Gasteiger partial charge in [-0.3, -0.25) is 4.79 Å². The molecule has 126 valence electrons. The van der Waals surface area contributed by atoms with Gasteiger partial charge < -0.3 is 10.6 Å². The Morgan fingerprint density at radius 3 is 2.41 bits per heavy atom. The highest BCUT2D eigenvalue weighted by Crippen LogP contribution is 2.16. The van der Waals surface area contributed by atoms with Crippen molar-refractivity contribution in [2.24, 2.45) is 5.92 Å². The lowest BCUT2D eigenvalue weighted by Crippen LogP contribution is -2.28. The van der Waals surface area contributed by atoms with E-state index in [1.807, 2.05) is 6.92 Å². The lowest BCUT2D eigenvalue weighted by molar-refractivity contribution is -0.119. The molecule has 22 heavy (non-hydrogen) atoms. The average molecular weight is 349 g/mol. The van der Waals surface area contributed by atoms with Crippen molar-refractivity contribution >= 4 is 33.8 Å². The van der Waals surface area contributed by atoms with Crippen LogP contribution in [-0.2, 0) is 20.4 Å². The molecule has 0 fully saturated rings. The number of amides is 1. The van der Waals surface area contributed by atoms with Gasteiger partial charge in [0.25, 0.3) is 0 Å². The zero-order valence-electron chi connectivity index (χ0n) is 13.4. The smallest absolute Gasteiger partial charge is 0.228 e. The summed E-state index contributed by atoms with van der Waals surface area (Å²) in [5.74, 6) is -0.258. The Morgan fingerprint density at radius 1 is 1.23 bits per heavy atom. The largest absolute Gasteiger partial charge is 0.326 e. The molecule has 0 saturated heterocycles. The fraction of sp³-hybridized carbons (Fsp3) is 0.533. The summed E-state index contributed by atoms with van der Waals surface area (Å²) < 4.78 is 23.9. The normalized spacial score (nSPS) is 12.6. The van der Waals surface area contributed by atoms with E-state index < -0.39 is 15.1 Å². The van der Waals surface area contributed by atoms with E-state index in [0.717, 1.165) is 0 Å². The monoisotopic (exact) mass is 348 g/mol. The van der Waals surface area contributed by atoms with E-state index in [4.69, 9.17) is 0 Å². The number of hydrogen-bond donors (Lipinski definition) is 2. The summed E-state index contributed by atoms with van der Waals surface area (Å²) in [5, 5.41) is 5.35. The van der Waals surface area contributed by atoms with Gasteiger partial charge in [-0.1, -0.05) is 19.1 Å². The highest BCUT2D eigenvalue weighted by atomic mass is 35.5. The summed E-state index contributed by atoms with van der Waals surface area (Å²) in [7, 11) is -1.35. The maximum Gasteiger partial charge on any atom is 0.228 e. The minimum atomic E-state index is -3.14. The molecule has 1 unspecified atom stereocenters. The molecule has 0 aliphatic carbocycles. The number of sulfone groups is 1. The van der Waals surface area contributed by atoms with Crippen LogP contribution in [0, 0.1) is 5.92 Å². The Hall–Kier alpha value is -1.11. The third-order valence-electron chi connectivity index (χ3n) is 3.24. The predicted octanol–water partition coefficient (Wildman–Crippen LogP) is 2.23.